The van der Waals surface area contributed by atoms with Crippen LogP contribution in [-0.2, 0) is 32.7 Å². The second-order valence-corrected chi connectivity index (χ2v) is 28.0. The Bertz CT molecular complexity index is 1720. The van der Waals surface area contributed by atoms with Gasteiger partial charge in [0.2, 0.25) is 0 Å². The summed E-state index contributed by atoms with van der Waals surface area (Å²) < 4.78 is 33.3. The fourth-order valence-corrected chi connectivity index (χ4v) is 12.6. The quantitative estimate of drug-likeness (QED) is 0.0264. The van der Waals surface area contributed by atoms with E-state index in [0.29, 0.717) is 6.42 Å². The zero-order valence-electron chi connectivity index (χ0n) is 60.1. The summed E-state index contributed by atoms with van der Waals surface area (Å²) in [5, 5.41) is 0. The second kappa shape index (κ2) is 76.5. The molecule has 532 valence electrons. The van der Waals surface area contributed by atoms with Gasteiger partial charge >= 0.3 is 19.8 Å². The lowest BCUT2D eigenvalue weighted by Gasteiger charge is -2.19. The standard InChI is InChI=1S/C81H150NO8P/c1-3-5-7-9-11-13-15-17-19-21-23-25-27-29-31-33-35-36-37-38-39-40-41-42-44-46-48-50-52-54-56-58-60-62-64-66-68-70-72-74-81(84)90-79(78-89-91(85,86)88-76-75-82)77-87-80(83)73-71-69-67-65-63-61-59-57-55-53-51-49-47-45-43-34-32-30-28-26-24-22-20-18-16-14-12-10-8-6-4-2/h5,7,11,13,17,19,23,25,29,31,35-36,79H,3-4,6,8-10,12,14-16,18,20-22,24,26-28,30,32-34,37-78,82H2,1-2H3,(H,85,86)/b7-5-,13-11-,19-17-,25-23-,31-29-,36-35-. The highest BCUT2D eigenvalue weighted by Crippen LogP contribution is 2.43. The maximum Gasteiger partial charge on any atom is 0.472 e. The minimum absolute atomic E-state index is 0.0550. The minimum Gasteiger partial charge on any atom is -0.462 e. The van der Waals surface area contributed by atoms with Crippen molar-refractivity contribution in [3.63, 3.8) is 0 Å². The van der Waals surface area contributed by atoms with Gasteiger partial charge in [-0.15, -0.1) is 0 Å². The number of hydrogen-bond donors (Lipinski definition) is 2. The highest BCUT2D eigenvalue weighted by atomic mass is 31.2. The third kappa shape index (κ3) is 76.4. The minimum atomic E-state index is -4.39. The Morgan fingerprint density at radius 3 is 0.901 bits per heavy atom. The molecular formula is C81H150NO8P. The Kier molecular flexibility index (Phi) is 74.3. The molecule has 91 heavy (non-hydrogen) atoms. The van der Waals surface area contributed by atoms with Gasteiger partial charge in [-0.05, 0) is 64.2 Å². The molecular weight excluding hydrogens is 1150 g/mol. The van der Waals surface area contributed by atoms with Crippen LogP contribution in [0, 0.1) is 0 Å². The van der Waals surface area contributed by atoms with Crippen LogP contribution in [0.25, 0.3) is 0 Å². The molecule has 3 N–H and O–H groups in total. The Morgan fingerprint density at radius 1 is 0.341 bits per heavy atom. The average Bonchev–Trinajstić information content (AvgIpc) is 3.71. The molecule has 0 aromatic rings. The molecule has 0 aromatic heterocycles. The van der Waals surface area contributed by atoms with Crippen molar-refractivity contribution in [2.75, 3.05) is 26.4 Å². The Labute approximate surface area is 564 Å². The summed E-state index contributed by atoms with van der Waals surface area (Å²) in [5.41, 5.74) is 5.41. The van der Waals surface area contributed by atoms with Gasteiger partial charge in [-0.3, -0.25) is 18.6 Å². The zero-order chi connectivity index (χ0) is 65.8. The van der Waals surface area contributed by atoms with Crippen molar-refractivity contribution in [3.8, 4) is 0 Å². The number of rotatable bonds is 75. The molecule has 0 saturated carbocycles. The van der Waals surface area contributed by atoms with E-state index >= 15 is 0 Å². The second-order valence-electron chi connectivity index (χ2n) is 26.6. The number of ether oxygens (including phenoxy) is 2. The summed E-state index contributed by atoms with van der Waals surface area (Å²) in [7, 11) is -4.39. The lowest BCUT2D eigenvalue weighted by Crippen LogP contribution is -2.29. The van der Waals surface area contributed by atoms with E-state index in [-0.39, 0.29) is 38.6 Å². The van der Waals surface area contributed by atoms with Crippen LogP contribution in [0.15, 0.2) is 72.9 Å². The molecule has 0 heterocycles. The van der Waals surface area contributed by atoms with Crippen molar-refractivity contribution in [2.45, 2.75) is 405 Å². The first-order chi connectivity index (χ1) is 44.8. The van der Waals surface area contributed by atoms with Gasteiger partial charge in [0.25, 0.3) is 0 Å². The maximum absolute atomic E-state index is 12.8. The molecule has 2 atom stereocenters. The third-order valence-corrected chi connectivity index (χ3v) is 18.6. The van der Waals surface area contributed by atoms with Gasteiger partial charge < -0.3 is 20.1 Å². The summed E-state index contributed by atoms with van der Waals surface area (Å²) in [5.74, 6) is -0.804. The number of phosphoric acid groups is 1. The molecule has 0 spiro atoms. The van der Waals surface area contributed by atoms with Gasteiger partial charge in [-0.25, -0.2) is 4.57 Å². The first kappa shape index (κ1) is 88.5. The number of hydrogen-bond acceptors (Lipinski definition) is 8. The Hall–Kier alpha value is -2.55. The van der Waals surface area contributed by atoms with Crippen molar-refractivity contribution in [1.82, 2.24) is 0 Å². The average molecular weight is 1300 g/mol. The molecule has 0 bridgehead atoms. The van der Waals surface area contributed by atoms with E-state index in [0.717, 1.165) is 70.6 Å². The molecule has 2 unspecified atom stereocenters. The van der Waals surface area contributed by atoms with E-state index < -0.39 is 26.5 Å². The molecule has 10 heteroatoms. The van der Waals surface area contributed by atoms with Gasteiger partial charge in [0.05, 0.1) is 13.2 Å². The maximum atomic E-state index is 12.8. The molecule has 0 aromatic carbocycles. The van der Waals surface area contributed by atoms with Crippen LogP contribution < -0.4 is 5.73 Å². The van der Waals surface area contributed by atoms with Crippen LogP contribution in [0.4, 0.5) is 0 Å². The number of carbonyl (C=O) groups excluding carboxylic acids is 2. The van der Waals surface area contributed by atoms with Crippen molar-refractivity contribution in [2.24, 2.45) is 5.73 Å². The molecule has 0 aliphatic carbocycles. The number of unbranched alkanes of at least 4 members (excludes halogenated alkanes) is 50. The first-order valence-corrected chi connectivity index (χ1v) is 40.9. The predicted molar refractivity (Wildman–Crippen MR) is 395 cm³/mol. The number of nitrogens with two attached hydrogens (primary N) is 1. The molecule has 0 rings (SSSR count). The lowest BCUT2D eigenvalue weighted by atomic mass is 10.0. The summed E-state index contributed by atoms with van der Waals surface area (Å²) in [6.07, 6.45) is 102. The molecule has 9 nitrogen and oxygen atoms in total. The van der Waals surface area contributed by atoms with Crippen molar-refractivity contribution in [1.29, 1.82) is 0 Å². The Morgan fingerprint density at radius 2 is 0.604 bits per heavy atom. The highest BCUT2D eigenvalue weighted by molar-refractivity contribution is 7.47. The van der Waals surface area contributed by atoms with Crippen molar-refractivity contribution in [3.05, 3.63) is 72.9 Å². The van der Waals surface area contributed by atoms with E-state index in [9.17, 15) is 19.0 Å². The molecule has 0 aliphatic heterocycles. The van der Waals surface area contributed by atoms with Gasteiger partial charge in [0, 0.05) is 19.4 Å². The fraction of sp³-hybridized carbons (Fsp3) is 0.827. The van der Waals surface area contributed by atoms with Gasteiger partial charge in [-0.1, -0.05) is 395 Å². The topological polar surface area (TPSA) is 134 Å². The molecule has 0 amide bonds. The number of phosphoric ester groups is 1. The van der Waals surface area contributed by atoms with E-state index in [1.165, 1.54) is 295 Å². The number of carbonyl (C=O) groups is 2. The van der Waals surface area contributed by atoms with Crippen molar-refractivity contribution >= 4 is 19.8 Å². The highest BCUT2D eigenvalue weighted by Gasteiger charge is 2.26. The van der Waals surface area contributed by atoms with Gasteiger partial charge in [-0.2, -0.15) is 0 Å². The van der Waals surface area contributed by atoms with E-state index in [1.807, 2.05) is 0 Å². The number of allylic oxidation sites excluding steroid dienone is 12. The van der Waals surface area contributed by atoms with Crippen LogP contribution >= 0.6 is 7.82 Å². The fourth-order valence-electron chi connectivity index (χ4n) is 11.8. The Balaban J connectivity index is 3.78. The van der Waals surface area contributed by atoms with Crippen LogP contribution in [0.1, 0.15) is 399 Å². The normalized spacial score (nSPS) is 13.2. The van der Waals surface area contributed by atoms with Crippen LogP contribution in [0.2, 0.25) is 0 Å². The van der Waals surface area contributed by atoms with E-state index in [4.69, 9.17) is 24.3 Å². The SMILES string of the molecule is CC/C=C\C/C=C\C/C=C\C/C=C\C/C=C\C/C=C\CCCCCCCCCCCCCCCCCCCCCCC(=O)OC(COC(=O)CCCCCCCCCCCCCCCCCCCCCCCCCCCCCCCCC)COP(=O)(O)OCCN. The lowest BCUT2D eigenvalue weighted by molar-refractivity contribution is -0.161. The third-order valence-electron chi connectivity index (χ3n) is 17.6. The summed E-state index contributed by atoms with van der Waals surface area (Å²) >= 11 is 0. The van der Waals surface area contributed by atoms with Gasteiger partial charge in [0.1, 0.15) is 6.61 Å². The monoisotopic (exact) mass is 1300 g/mol. The summed E-state index contributed by atoms with van der Waals surface area (Å²) in [6.45, 7) is 3.71. The molecule has 0 aliphatic rings. The van der Waals surface area contributed by atoms with Crippen LogP contribution in [-0.4, -0.2) is 49.3 Å². The van der Waals surface area contributed by atoms with E-state index in [2.05, 4.69) is 86.8 Å². The zero-order valence-corrected chi connectivity index (χ0v) is 61.0. The van der Waals surface area contributed by atoms with Crippen LogP contribution in [0.5, 0.6) is 0 Å². The van der Waals surface area contributed by atoms with Gasteiger partial charge in [0.15, 0.2) is 6.10 Å². The smallest absolute Gasteiger partial charge is 0.462 e. The molecule has 0 saturated heterocycles. The summed E-state index contributed by atoms with van der Waals surface area (Å²) in [6, 6.07) is 0. The molecule has 0 radical (unpaired) electrons. The largest absolute Gasteiger partial charge is 0.472 e. The number of esters is 2. The molecule has 0 fully saturated rings. The van der Waals surface area contributed by atoms with E-state index in [1.54, 1.807) is 0 Å². The van der Waals surface area contributed by atoms with Crippen LogP contribution in [0.3, 0.4) is 0 Å². The predicted octanol–water partition coefficient (Wildman–Crippen LogP) is 26.3. The summed E-state index contributed by atoms with van der Waals surface area (Å²) in [4.78, 5) is 35.5. The van der Waals surface area contributed by atoms with Crippen molar-refractivity contribution < 1.29 is 37.6 Å². The first-order valence-electron chi connectivity index (χ1n) is 39.4.